The number of nitrogens with zero attached hydrogens (tertiary/aromatic N) is 6. The van der Waals surface area contributed by atoms with Crippen LogP contribution in [0.1, 0.15) is 54.3 Å². The molecule has 1 fully saturated rings. The summed E-state index contributed by atoms with van der Waals surface area (Å²) in [6.07, 6.45) is 1.72. The van der Waals surface area contributed by atoms with E-state index >= 15 is 0 Å². The third-order valence-corrected chi connectivity index (χ3v) is 5.19. The smallest absolute Gasteiger partial charge is 0.276 e. The Labute approximate surface area is 151 Å². The molecule has 4 heterocycles. The maximum atomic E-state index is 12.6. The number of likely N-dealkylation sites (tertiary alicyclic amines) is 1. The number of aliphatic hydroxyl groups excluding tert-OH is 1. The van der Waals surface area contributed by atoms with Crippen molar-refractivity contribution in [3.63, 3.8) is 0 Å². The molecule has 9 nitrogen and oxygen atoms in total. The molecule has 0 spiro atoms. The molecule has 0 saturated carbocycles. The van der Waals surface area contributed by atoms with Crippen molar-refractivity contribution in [2.24, 2.45) is 0 Å². The van der Waals surface area contributed by atoms with Crippen LogP contribution in [0, 0.1) is 6.92 Å². The topological polar surface area (TPSA) is 101 Å². The van der Waals surface area contributed by atoms with Gasteiger partial charge in [-0.2, -0.15) is 0 Å². The van der Waals surface area contributed by atoms with Crippen molar-refractivity contribution in [2.75, 3.05) is 13.1 Å². The van der Waals surface area contributed by atoms with Gasteiger partial charge in [0.2, 0.25) is 0 Å². The fourth-order valence-electron chi connectivity index (χ4n) is 3.89. The molecule has 2 aromatic rings. The standard InChI is InChI=1S/C17H24N6O3/c1-10(2)23-7-12(24)6-14(23)16-20-19-15-8-21(4-5-22(15)16)17(25)13-9-26-11(3)18-13/h9-10,12,14,24H,4-8H2,1-3H3/t12-,14-/m0/s1. The summed E-state index contributed by atoms with van der Waals surface area (Å²) in [6, 6.07) is 0.383. The van der Waals surface area contributed by atoms with E-state index in [9.17, 15) is 9.90 Å². The van der Waals surface area contributed by atoms with Gasteiger partial charge in [-0.15, -0.1) is 10.2 Å². The first kappa shape index (κ1) is 17.2. The SMILES string of the molecule is Cc1nc(C(=O)N2CCn3c(nnc3[C@@H]3C[C@H](O)CN3C(C)C)C2)co1. The van der Waals surface area contributed by atoms with Crippen molar-refractivity contribution in [2.45, 2.75) is 58.5 Å². The van der Waals surface area contributed by atoms with Gasteiger partial charge in [-0.25, -0.2) is 4.98 Å². The average molecular weight is 360 g/mol. The largest absolute Gasteiger partial charge is 0.448 e. The maximum Gasteiger partial charge on any atom is 0.276 e. The van der Waals surface area contributed by atoms with E-state index in [2.05, 4.69) is 38.5 Å². The second-order valence-corrected chi connectivity index (χ2v) is 7.30. The lowest BCUT2D eigenvalue weighted by molar-refractivity contribution is 0.0698. The summed E-state index contributed by atoms with van der Waals surface area (Å²) >= 11 is 0. The van der Waals surface area contributed by atoms with Gasteiger partial charge < -0.3 is 19.0 Å². The molecule has 2 atom stereocenters. The Hall–Kier alpha value is -2.26. The van der Waals surface area contributed by atoms with Crippen LogP contribution in [-0.2, 0) is 13.1 Å². The molecule has 0 radical (unpaired) electrons. The van der Waals surface area contributed by atoms with E-state index in [0.29, 0.717) is 50.2 Å². The normalized spacial score (nSPS) is 23.7. The first-order valence-corrected chi connectivity index (χ1v) is 9.01. The van der Waals surface area contributed by atoms with E-state index in [-0.39, 0.29) is 18.1 Å². The Balaban J connectivity index is 1.54. The Morgan fingerprint density at radius 3 is 2.85 bits per heavy atom. The van der Waals surface area contributed by atoms with Crippen molar-refractivity contribution in [1.29, 1.82) is 0 Å². The molecule has 0 aliphatic carbocycles. The predicted octanol–water partition coefficient (Wildman–Crippen LogP) is 0.747. The van der Waals surface area contributed by atoms with Crippen molar-refractivity contribution >= 4 is 5.91 Å². The predicted molar refractivity (Wildman–Crippen MR) is 91.2 cm³/mol. The number of aromatic nitrogens is 4. The number of rotatable bonds is 3. The van der Waals surface area contributed by atoms with Gasteiger partial charge >= 0.3 is 0 Å². The molecule has 1 N–H and O–H groups in total. The van der Waals surface area contributed by atoms with Crippen LogP contribution in [-0.4, -0.2) is 65.8 Å². The molecular weight excluding hydrogens is 336 g/mol. The summed E-state index contributed by atoms with van der Waals surface area (Å²) < 4.78 is 7.23. The molecule has 9 heteroatoms. The van der Waals surface area contributed by atoms with Gasteiger partial charge in [-0.05, 0) is 20.3 Å². The number of carbonyl (C=O) groups is 1. The van der Waals surface area contributed by atoms with E-state index in [4.69, 9.17) is 4.42 Å². The minimum Gasteiger partial charge on any atom is -0.448 e. The lowest BCUT2D eigenvalue weighted by atomic mass is 10.1. The molecule has 0 aromatic carbocycles. The summed E-state index contributed by atoms with van der Waals surface area (Å²) in [5, 5.41) is 18.8. The molecule has 0 unspecified atom stereocenters. The highest BCUT2D eigenvalue weighted by molar-refractivity contribution is 5.92. The first-order valence-electron chi connectivity index (χ1n) is 9.01. The van der Waals surface area contributed by atoms with Gasteiger partial charge in [-0.3, -0.25) is 9.69 Å². The zero-order valence-corrected chi connectivity index (χ0v) is 15.3. The molecule has 0 bridgehead atoms. The van der Waals surface area contributed by atoms with Crippen molar-refractivity contribution in [1.82, 2.24) is 29.5 Å². The lowest BCUT2D eigenvalue weighted by Gasteiger charge is -2.30. The summed E-state index contributed by atoms with van der Waals surface area (Å²) in [5.74, 6) is 1.97. The third kappa shape index (κ3) is 2.90. The number of β-amino-alcohol motifs (C(OH)–C–C–N with tert-alkyl or cyclic N) is 1. The van der Waals surface area contributed by atoms with E-state index < -0.39 is 0 Å². The Kier molecular flexibility index (Phi) is 4.28. The summed E-state index contributed by atoms with van der Waals surface area (Å²) in [5.41, 5.74) is 0.320. The number of oxazole rings is 1. The van der Waals surface area contributed by atoms with E-state index in [0.717, 1.165) is 11.6 Å². The van der Waals surface area contributed by atoms with Crippen LogP contribution in [0.25, 0.3) is 0 Å². The van der Waals surface area contributed by atoms with Gasteiger partial charge in [-0.1, -0.05) is 0 Å². The van der Waals surface area contributed by atoms with Gasteiger partial charge in [0.15, 0.2) is 23.2 Å². The highest BCUT2D eigenvalue weighted by atomic mass is 16.3. The summed E-state index contributed by atoms with van der Waals surface area (Å²) in [7, 11) is 0. The molecule has 2 aliphatic rings. The monoisotopic (exact) mass is 360 g/mol. The van der Waals surface area contributed by atoms with Crippen LogP contribution in [0.15, 0.2) is 10.7 Å². The maximum absolute atomic E-state index is 12.6. The molecule has 26 heavy (non-hydrogen) atoms. The average Bonchev–Trinajstić information content (AvgIpc) is 3.31. The molecule has 140 valence electrons. The second-order valence-electron chi connectivity index (χ2n) is 7.30. The van der Waals surface area contributed by atoms with E-state index in [1.807, 2.05) is 0 Å². The number of fused-ring (bicyclic) bond motifs is 1. The number of aliphatic hydroxyl groups is 1. The number of aryl methyl sites for hydroxylation is 1. The highest BCUT2D eigenvalue weighted by Gasteiger charge is 2.38. The summed E-state index contributed by atoms with van der Waals surface area (Å²) in [4.78, 5) is 20.7. The summed E-state index contributed by atoms with van der Waals surface area (Å²) in [6.45, 7) is 8.22. The molecule has 4 rings (SSSR count). The minimum absolute atomic E-state index is 0.0618. The highest BCUT2D eigenvalue weighted by Crippen LogP contribution is 2.33. The van der Waals surface area contributed by atoms with Crippen LogP contribution in [0.5, 0.6) is 0 Å². The molecular formula is C17H24N6O3. The van der Waals surface area contributed by atoms with Gasteiger partial charge in [0.1, 0.15) is 6.26 Å². The zero-order chi connectivity index (χ0) is 18.4. The Bertz CT molecular complexity index is 813. The van der Waals surface area contributed by atoms with Crippen LogP contribution in [0.2, 0.25) is 0 Å². The van der Waals surface area contributed by atoms with Crippen LogP contribution >= 0.6 is 0 Å². The van der Waals surface area contributed by atoms with Crippen LogP contribution < -0.4 is 0 Å². The van der Waals surface area contributed by atoms with Crippen LogP contribution in [0.4, 0.5) is 0 Å². The molecule has 1 saturated heterocycles. The van der Waals surface area contributed by atoms with Crippen molar-refractivity contribution < 1.29 is 14.3 Å². The van der Waals surface area contributed by atoms with Gasteiger partial charge in [0.25, 0.3) is 5.91 Å². The minimum atomic E-state index is -0.340. The zero-order valence-electron chi connectivity index (χ0n) is 15.3. The van der Waals surface area contributed by atoms with Gasteiger partial charge in [0.05, 0.1) is 18.7 Å². The van der Waals surface area contributed by atoms with Crippen molar-refractivity contribution in [3.05, 3.63) is 29.5 Å². The Morgan fingerprint density at radius 1 is 1.35 bits per heavy atom. The first-order chi connectivity index (χ1) is 12.4. The van der Waals surface area contributed by atoms with Crippen molar-refractivity contribution in [3.8, 4) is 0 Å². The van der Waals surface area contributed by atoms with E-state index in [1.54, 1.807) is 11.8 Å². The molecule has 2 aromatic heterocycles. The quantitative estimate of drug-likeness (QED) is 0.862. The molecule has 1 amide bonds. The van der Waals surface area contributed by atoms with E-state index in [1.165, 1.54) is 6.26 Å². The number of hydrogen-bond donors (Lipinski definition) is 1. The van der Waals surface area contributed by atoms with Crippen LogP contribution in [0.3, 0.4) is 0 Å². The third-order valence-electron chi connectivity index (χ3n) is 5.19. The number of hydrogen-bond acceptors (Lipinski definition) is 7. The Morgan fingerprint density at radius 2 is 2.15 bits per heavy atom. The second kappa shape index (κ2) is 6.48. The fraction of sp³-hybridized carbons (Fsp3) is 0.647. The number of carbonyl (C=O) groups excluding carboxylic acids is 1. The number of amides is 1. The van der Waals surface area contributed by atoms with Gasteiger partial charge in [0, 0.05) is 32.6 Å². The fourth-order valence-corrected chi connectivity index (χ4v) is 3.89. The molecule has 2 aliphatic heterocycles. The lowest BCUT2D eigenvalue weighted by Crippen LogP contribution is -2.40.